The number of ether oxygens (including phenoxy) is 1. The smallest absolute Gasteiger partial charge is 0.433 e. The molecule has 0 aliphatic heterocycles. The van der Waals surface area contributed by atoms with Crippen LogP contribution < -0.4 is 15.0 Å². The molecule has 0 fully saturated rings. The molecule has 2 rings (SSSR count). The van der Waals surface area contributed by atoms with Crippen molar-refractivity contribution in [1.29, 1.82) is 0 Å². The minimum atomic E-state index is -4.53. The van der Waals surface area contributed by atoms with E-state index in [-0.39, 0.29) is 24.2 Å². The van der Waals surface area contributed by atoms with Crippen LogP contribution in [0.15, 0.2) is 42.6 Å². The molecule has 0 atom stereocenters. The van der Waals surface area contributed by atoms with Crippen molar-refractivity contribution in [3.05, 3.63) is 53.9 Å². The van der Waals surface area contributed by atoms with E-state index in [0.29, 0.717) is 11.4 Å². The number of amides is 2. The number of benzene rings is 1. The Morgan fingerprint density at radius 3 is 2.46 bits per heavy atom. The van der Waals surface area contributed by atoms with E-state index in [2.05, 4.69) is 10.3 Å². The van der Waals surface area contributed by atoms with Crippen molar-refractivity contribution in [2.24, 2.45) is 0 Å². The summed E-state index contributed by atoms with van der Waals surface area (Å²) in [6, 6.07) is 9.02. The van der Waals surface area contributed by atoms with Crippen LogP contribution in [0.5, 0.6) is 5.75 Å². The Bertz CT molecular complexity index is 746. The Morgan fingerprint density at radius 2 is 1.88 bits per heavy atom. The van der Waals surface area contributed by atoms with Crippen molar-refractivity contribution in [3.63, 3.8) is 0 Å². The van der Waals surface area contributed by atoms with Gasteiger partial charge in [-0.15, -0.1) is 0 Å². The first kappa shape index (κ1) is 19.6. The first-order chi connectivity index (χ1) is 12.2. The van der Waals surface area contributed by atoms with Gasteiger partial charge in [0.2, 0.25) is 0 Å². The minimum Gasteiger partial charge on any atom is -0.489 e. The molecule has 8 heteroatoms. The van der Waals surface area contributed by atoms with Gasteiger partial charge in [-0.25, -0.2) is 4.79 Å². The van der Waals surface area contributed by atoms with E-state index in [0.717, 1.165) is 6.20 Å². The number of pyridine rings is 1. The van der Waals surface area contributed by atoms with Crippen LogP contribution >= 0.6 is 0 Å². The fourth-order valence-electron chi connectivity index (χ4n) is 2.20. The Balaban J connectivity index is 2.04. The molecule has 0 saturated heterocycles. The maximum atomic E-state index is 12.9. The van der Waals surface area contributed by atoms with Crippen molar-refractivity contribution in [2.45, 2.75) is 32.7 Å². The van der Waals surface area contributed by atoms with Crippen molar-refractivity contribution in [3.8, 4) is 5.75 Å². The van der Waals surface area contributed by atoms with Gasteiger partial charge < -0.3 is 10.1 Å². The Hall–Kier alpha value is -2.77. The van der Waals surface area contributed by atoms with Crippen LogP contribution in [0.25, 0.3) is 0 Å². The van der Waals surface area contributed by atoms with Gasteiger partial charge >= 0.3 is 12.2 Å². The number of aromatic nitrogens is 1. The first-order valence-electron chi connectivity index (χ1n) is 7.96. The monoisotopic (exact) mass is 367 g/mol. The molecule has 0 unspecified atom stereocenters. The van der Waals surface area contributed by atoms with Crippen LogP contribution in [0.4, 0.5) is 23.7 Å². The Labute approximate surface area is 149 Å². The largest absolute Gasteiger partial charge is 0.489 e. The van der Waals surface area contributed by atoms with E-state index in [1.165, 1.54) is 17.0 Å². The van der Waals surface area contributed by atoms with Gasteiger partial charge in [-0.2, -0.15) is 13.2 Å². The maximum absolute atomic E-state index is 12.9. The first-order valence-corrected chi connectivity index (χ1v) is 7.96. The lowest BCUT2D eigenvalue weighted by molar-refractivity contribution is -0.142. The number of halogens is 3. The number of urea groups is 1. The zero-order valence-electron chi connectivity index (χ0n) is 14.7. The van der Waals surface area contributed by atoms with Crippen LogP contribution in [-0.4, -0.2) is 24.1 Å². The van der Waals surface area contributed by atoms with E-state index in [1.54, 1.807) is 31.3 Å². The summed E-state index contributed by atoms with van der Waals surface area (Å²) in [6.45, 7) is 3.46. The third kappa shape index (κ3) is 5.11. The number of nitrogens with zero attached hydrogens (tertiary/aromatic N) is 2. The molecular formula is C18H20F3N3O2. The number of hydrogen-bond acceptors (Lipinski definition) is 3. The normalized spacial score (nSPS) is 11.3. The van der Waals surface area contributed by atoms with Crippen LogP contribution in [0.1, 0.15) is 25.1 Å². The lowest BCUT2D eigenvalue weighted by atomic mass is 10.2. The summed E-state index contributed by atoms with van der Waals surface area (Å²) in [5, 5.41) is 2.76. The molecule has 0 saturated carbocycles. The summed E-state index contributed by atoms with van der Waals surface area (Å²) in [4.78, 5) is 16.8. The maximum Gasteiger partial charge on any atom is 0.433 e. The molecule has 1 heterocycles. The molecule has 1 N–H and O–H groups in total. The molecule has 140 valence electrons. The average Bonchev–Trinajstić information content (AvgIpc) is 2.58. The number of nitrogens with one attached hydrogen (secondary N) is 1. The molecule has 5 nitrogen and oxygen atoms in total. The molecule has 1 aromatic heterocycles. The second kappa shape index (κ2) is 8.07. The third-order valence-electron chi connectivity index (χ3n) is 3.49. The molecule has 26 heavy (non-hydrogen) atoms. The van der Waals surface area contributed by atoms with Gasteiger partial charge in [-0.3, -0.25) is 9.88 Å². The van der Waals surface area contributed by atoms with Crippen molar-refractivity contribution in [2.75, 3.05) is 11.9 Å². The zero-order valence-corrected chi connectivity index (χ0v) is 14.7. The second-order valence-corrected chi connectivity index (χ2v) is 5.95. The lowest BCUT2D eigenvalue weighted by Gasteiger charge is -2.20. The van der Waals surface area contributed by atoms with E-state index in [9.17, 15) is 18.0 Å². The van der Waals surface area contributed by atoms with Gasteiger partial charge in [0.1, 0.15) is 12.4 Å². The fourth-order valence-corrected chi connectivity index (χ4v) is 2.20. The standard InChI is InChI=1S/C18H20F3N3O2/c1-12(2)23-17(25)24(3)14-6-8-15(9-7-14)26-11-13-5-4-10-22-16(13)18(19,20)21/h4-10,12H,11H2,1-3H3,(H,23,25). The zero-order chi connectivity index (χ0) is 19.3. The van der Waals surface area contributed by atoms with Crippen LogP contribution in [0.2, 0.25) is 0 Å². The van der Waals surface area contributed by atoms with Gasteiger partial charge in [0.05, 0.1) is 0 Å². The molecular weight excluding hydrogens is 347 g/mol. The molecule has 2 amide bonds. The second-order valence-electron chi connectivity index (χ2n) is 5.95. The predicted octanol–water partition coefficient (Wildman–Crippen LogP) is 4.23. The van der Waals surface area contributed by atoms with E-state index >= 15 is 0 Å². The van der Waals surface area contributed by atoms with Crippen LogP contribution in [-0.2, 0) is 12.8 Å². The summed E-state index contributed by atoms with van der Waals surface area (Å²) >= 11 is 0. The predicted molar refractivity (Wildman–Crippen MR) is 92.1 cm³/mol. The Morgan fingerprint density at radius 1 is 1.23 bits per heavy atom. The molecule has 1 aromatic carbocycles. The quantitative estimate of drug-likeness (QED) is 0.860. The van der Waals surface area contributed by atoms with Gasteiger partial charge in [0.15, 0.2) is 5.69 Å². The third-order valence-corrected chi connectivity index (χ3v) is 3.49. The summed E-state index contributed by atoms with van der Waals surface area (Å²) in [5.74, 6) is 0.392. The highest BCUT2D eigenvalue weighted by molar-refractivity contribution is 5.91. The van der Waals surface area contributed by atoms with Gasteiger partial charge in [-0.1, -0.05) is 6.07 Å². The lowest BCUT2D eigenvalue weighted by Crippen LogP contribution is -2.40. The summed E-state index contributed by atoms with van der Waals surface area (Å²) in [5.41, 5.74) is -0.368. The number of carbonyl (C=O) groups is 1. The molecule has 2 aromatic rings. The van der Waals surface area contributed by atoms with Crippen molar-refractivity contribution in [1.82, 2.24) is 10.3 Å². The number of alkyl halides is 3. The van der Waals surface area contributed by atoms with E-state index in [1.807, 2.05) is 13.8 Å². The van der Waals surface area contributed by atoms with Crippen LogP contribution in [0, 0.1) is 0 Å². The molecule has 0 radical (unpaired) electrons. The highest BCUT2D eigenvalue weighted by Crippen LogP contribution is 2.30. The van der Waals surface area contributed by atoms with Gasteiger partial charge in [0, 0.05) is 30.5 Å². The minimum absolute atomic E-state index is 0.00914. The van der Waals surface area contributed by atoms with Crippen LogP contribution in [0.3, 0.4) is 0 Å². The number of rotatable bonds is 5. The van der Waals surface area contributed by atoms with E-state index < -0.39 is 11.9 Å². The number of hydrogen-bond donors (Lipinski definition) is 1. The highest BCUT2D eigenvalue weighted by atomic mass is 19.4. The van der Waals surface area contributed by atoms with E-state index in [4.69, 9.17) is 4.74 Å². The molecule has 0 spiro atoms. The van der Waals surface area contributed by atoms with Crippen molar-refractivity contribution >= 4 is 11.7 Å². The molecule has 0 bridgehead atoms. The average molecular weight is 367 g/mol. The number of anilines is 1. The van der Waals surface area contributed by atoms with Gasteiger partial charge in [-0.05, 0) is 44.2 Å². The summed E-state index contributed by atoms with van der Waals surface area (Å²) < 4.78 is 44.2. The highest BCUT2D eigenvalue weighted by Gasteiger charge is 2.35. The fraction of sp³-hybridized carbons (Fsp3) is 0.333. The number of carbonyl (C=O) groups excluding carboxylic acids is 1. The van der Waals surface area contributed by atoms with Gasteiger partial charge in [0.25, 0.3) is 0 Å². The summed E-state index contributed by atoms with van der Waals surface area (Å²) in [6.07, 6.45) is -3.44. The Kier molecular flexibility index (Phi) is 6.07. The summed E-state index contributed by atoms with van der Waals surface area (Å²) in [7, 11) is 1.62. The topological polar surface area (TPSA) is 54.5 Å². The van der Waals surface area contributed by atoms with Crippen molar-refractivity contribution < 1.29 is 22.7 Å². The SMILES string of the molecule is CC(C)NC(=O)N(C)c1ccc(OCc2cccnc2C(F)(F)F)cc1. The molecule has 0 aliphatic rings. The molecule has 0 aliphatic carbocycles.